The topological polar surface area (TPSA) is 216 Å². The Bertz CT molecular complexity index is 265. The lowest BCUT2D eigenvalue weighted by atomic mass is 13.1. The maximum absolute atomic E-state index is 8.88. The summed E-state index contributed by atoms with van der Waals surface area (Å²) >= 11 is 0. The van der Waals surface area contributed by atoms with E-state index in [0.29, 0.717) is 0 Å². The molecule has 15 heteroatoms. The highest BCUT2D eigenvalue weighted by atomic mass is 35.5. The van der Waals surface area contributed by atoms with E-state index in [1.54, 1.807) is 0 Å². The first-order chi connectivity index (χ1) is 5.73. The average molecular weight is 296 g/mol. The molecule has 6 N–H and O–H groups in total. The van der Waals surface area contributed by atoms with Gasteiger partial charge in [0.15, 0.2) is 0 Å². The summed E-state index contributed by atoms with van der Waals surface area (Å²) < 4.78 is 40.5. The summed E-state index contributed by atoms with van der Waals surface area (Å²) in [5.41, 5.74) is 0. The van der Waals surface area contributed by atoms with Crippen molar-refractivity contribution in [1.82, 2.24) is 0 Å². The molecule has 0 heterocycles. The van der Waals surface area contributed by atoms with Crippen molar-refractivity contribution in [1.29, 1.82) is 0 Å². The van der Waals surface area contributed by atoms with Gasteiger partial charge in [0, 0.05) is 0 Å². The van der Waals surface area contributed by atoms with Crippen LogP contribution < -0.4 is 0 Å². The van der Waals surface area contributed by atoms with Crippen LogP contribution in [0.3, 0.4) is 0 Å². The van der Waals surface area contributed by atoms with E-state index in [9.17, 15) is 0 Å². The lowest BCUT2D eigenvalue weighted by Gasteiger charge is -1.82. The highest BCUT2D eigenvalue weighted by molar-refractivity contribution is 7.79. The molecule has 0 bridgehead atoms. The molecule has 12 nitrogen and oxygen atoms in total. The molecule has 0 aromatic heterocycles. The second-order valence-electron chi connectivity index (χ2n) is 1.20. The summed E-state index contributed by atoms with van der Waals surface area (Å²) in [7, 11) is -9.31. The summed E-state index contributed by atoms with van der Waals surface area (Å²) in [6.07, 6.45) is 0. The Labute approximate surface area is 88.5 Å². The predicted octanol–water partition coefficient (Wildman–Crippen LogP) is -1.51. The number of hydrogen-bond acceptors (Lipinski definition) is 5. The van der Waals surface area contributed by atoms with E-state index >= 15 is 0 Å². The van der Waals surface area contributed by atoms with Gasteiger partial charge in [-0.2, -0.15) is 8.42 Å². The smallest absolute Gasteiger partial charge is 0.328 e. The van der Waals surface area contributed by atoms with E-state index in [1.807, 2.05) is 0 Å². The molecule has 15 heavy (non-hydrogen) atoms. The zero-order chi connectivity index (χ0) is 12.6. The van der Waals surface area contributed by atoms with Crippen molar-refractivity contribution in [2.24, 2.45) is 0 Å². The standard InChI is InChI=1S/ClH.HNO3.H3O4P.H2O4S/c;2-1(3)4;2*1-5(2,3)4/h1H;(H,2,3,4);(H3,1,2,3,4);(H2,1,2,3,4). The van der Waals surface area contributed by atoms with Gasteiger partial charge in [-0.1, -0.05) is 0 Å². The molecule has 0 saturated heterocycles. The Morgan fingerprint density at radius 1 is 1.13 bits per heavy atom. The second-order valence-corrected chi connectivity index (χ2v) is 3.12. The summed E-state index contributed by atoms with van der Waals surface area (Å²) in [6, 6.07) is 0. The van der Waals surface area contributed by atoms with Crippen LogP contribution >= 0.6 is 20.2 Å². The van der Waals surface area contributed by atoms with Crippen LogP contribution in [0.5, 0.6) is 0 Å². The summed E-state index contributed by atoms with van der Waals surface area (Å²) in [6.45, 7) is 0. The lowest BCUT2D eigenvalue weighted by molar-refractivity contribution is -0.742. The third-order valence-electron chi connectivity index (χ3n) is 0. The molecule has 0 aliphatic rings. The molecule has 0 aliphatic carbocycles. The van der Waals surface area contributed by atoms with Gasteiger partial charge in [-0.05, 0) is 0 Å². The van der Waals surface area contributed by atoms with Crippen LogP contribution in [-0.2, 0) is 15.0 Å². The molecule has 0 aromatic rings. The fourth-order valence-electron chi connectivity index (χ4n) is 0. The first-order valence-corrected chi connectivity index (χ1v) is 5.01. The number of nitrogens with zero attached hydrogens (tertiary/aromatic N) is 1. The van der Waals surface area contributed by atoms with Crippen LogP contribution in [0.2, 0.25) is 0 Å². The van der Waals surface area contributed by atoms with Crippen molar-refractivity contribution in [3.8, 4) is 0 Å². The van der Waals surface area contributed by atoms with E-state index in [1.165, 1.54) is 0 Å². The summed E-state index contributed by atoms with van der Waals surface area (Å²) in [4.78, 5) is 29.9. The molecule has 0 amide bonds. The summed E-state index contributed by atoms with van der Waals surface area (Å²) in [5, 5.41) is 13.6. The minimum absolute atomic E-state index is 0. The third-order valence-corrected chi connectivity index (χ3v) is 0. The van der Waals surface area contributed by atoms with E-state index in [0.717, 1.165) is 0 Å². The van der Waals surface area contributed by atoms with Gasteiger partial charge >= 0.3 is 18.2 Å². The lowest BCUT2D eigenvalue weighted by Crippen LogP contribution is -1.89. The van der Waals surface area contributed by atoms with E-state index in [-0.39, 0.29) is 12.4 Å². The van der Waals surface area contributed by atoms with Gasteiger partial charge in [-0.25, -0.2) is 4.57 Å². The Morgan fingerprint density at radius 2 is 1.13 bits per heavy atom. The maximum Gasteiger partial charge on any atom is 0.466 e. The highest BCUT2D eigenvalue weighted by Gasteiger charge is 2.00. The third kappa shape index (κ3) is 6310. The van der Waals surface area contributed by atoms with Crippen molar-refractivity contribution in [2.75, 3.05) is 0 Å². The van der Waals surface area contributed by atoms with Crippen LogP contribution in [0.1, 0.15) is 0 Å². The number of halogens is 1. The van der Waals surface area contributed by atoms with Gasteiger partial charge in [0.2, 0.25) is 0 Å². The summed E-state index contributed by atoms with van der Waals surface area (Å²) in [5.74, 6) is 0. The second kappa shape index (κ2) is 10.0. The van der Waals surface area contributed by atoms with Crippen molar-refractivity contribution < 1.29 is 47.1 Å². The normalized spacial score (nSPS) is 9.40. The molecule has 0 saturated carbocycles. The molecule has 0 aliphatic heterocycles. The maximum atomic E-state index is 8.88. The molecular formula is H7ClNO11PS. The van der Waals surface area contributed by atoms with Gasteiger partial charge in [-0.15, -0.1) is 22.5 Å². The molecule has 0 aromatic carbocycles. The van der Waals surface area contributed by atoms with Gasteiger partial charge < -0.3 is 19.9 Å². The SMILES string of the molecule is Cl.O=P(O)(O)O.O=S(=O)(O)O.O=[N+]([O-])O. The number of hydrogen-bond donors (Lipinski definition) is 6. The number of phosphoric acid groups is 1. The van der Waals surface area contributed by atoms with Crippen LogP contribution in [0.4, 0.5) is 0 Å². The molecule has 0 atom stereocenters. The van der Waals surface area contributed by atoms with Crippen LogP contribution in [0.15, 0.2) is 0 Å². The first kappa shape index (κ1) is 24.0. The highest BCUT2D eigenvalue weighted by Crippen LogP contribution is 2.25. The van der Waals surface area contributed by atoms with Gasteiger partial charge in [0.1, 0.15) is 0 Å². The zero-order valence-electron chi connectivity index (χ0n) is 6.44. The van der Waals surface area contributed by atoms with Crippen LogP contribution in [0, 0.1) is 10.1 Å². The predicted molar refractivity (Wildman–Crippen MR) is 44.5 cm³/mol. The van der Waals surface area contributed by atoms with Gasteiger partial charge in [-0.3, -0.25) is 9.11 Å². The molecular weight excluding hydrogens is 288 g/mol. The molecule has 0 fully saturated rings. The minimum atomic E-state index is -4.67. The number of rotatable bonds is 0. The first-order valence-electron chi connectivity index (χ1n) is 2.05. The Kier molecular flexibility index (Phi) is 16.0. The van der Waals surface area contributed by atoms with Crippen molar-refractivity contribution in [2.45, 2.75) is 0 Å². The minimum Gasteiger partial charge on any atom is -0.328 e. The largest absolute Gasteiger partial charge is 0.466 e. The van der Waals surface area contributed by atoms with Crippen molar-refractivity contribution in [3.05, 3.63) is 10.1 Å². The molecule has 96 valence electrons. The van der Waals surface area contributed by atoms with E-state index < -0.39 is 23.3 Å². The van der Waals surface area contributed by atoms with Crippen molar-refractivity contribution in [3.63, 3.8) is 0 Å². The quantitative estimate of drug-likeness (QED) is 0.131. The van der Waals surface area contributed by atoms with Crippen molar-refractivity contribution >= 4 is 30.6 Å². The fourth-order valence-corrected chi connectivity index (χ4v) is 0. The van der Waals surface area contributed by atoms with E-state index in [4.69, 9.17) is 52.1 Å². The van der Waals surface area contributed by atoms with Gasteiger partial charge in [0.25, 0.3) is 5.09 Å². The Morgan fingerprint density at radius 3 is 1.13 bits per heavy atom. The fraction of sp³-hybridized carbons (Fsp3) is 0. The van der Waals surface area contributed by atoms with E-state index in [2.05, 4.69) is 0 Å². The zero-order valence-corrected chi connectivity index (χ0v) is 8.96. The molecule has 0 spiro atoms. The Balaban J connectivity index is -0.0000000590. The van der Waals surface area contributed by atoms with Gasteiger partial charge in [0.05, 0.1) is 0 Å². The Hall–Kier alpha value is -0.530. The monoisotopic (exact) mass is 295 g/mol. The molecule has 0 unspecified atom stereocenters. The molecule has 0 rings (SSSR count). The van der Waals surface area contributed by atoms with Crippen LogP contribution in [0.25, 0.3) is 0 Å². The molecule has 0 radical (unpaired) electrons. The average Bonchev–Trinajstić information content (AvgIpc) is 1.45. The van der Waals surface area contributed by atoms with Crippen LogP contribution in [-0.4, -0.2) is 42.5 Å².